The van der Waals surface area contributed by atoms with E-state index >= 15 is 0 Å². The van der Waals surface area contributed by atoms with Crippen molar-refractivity contribution in [3.8, 4) is 0 Å². The van der Waals surface area contributed by atoms with E-state index in [2.05, 4.69) is 54.8 Å². The van der Waals surface area contributed by atoms with E-state index in [9.17, 15) is 0 Å². The lowest BCUT2D eigenvalue weighted by Gasteiger charge is -1.91. The standard InChI is InChI=1S/C20H14N4.2C6H13N/c1-2-14-10-16-5-6-18(23-16)12-20-8-7-19(24-20)11-17-4-3-15(22-17)9-13(1)21-14;2*1-2-4-6-7-5-3-1/h1-12,21,24H;2*7H,1-6H2. The molecule has 0 radical (unpaired) electrons. The van der Waals surface area contributed by atoms with Gasteiger partial charge in [-0.05, 0) is 125 Å². The maximum atomic E-state index is 4.63. The minimum atomic E-state index is 0.939. The van der Waals surface area contributed by atoms with Gasteiger partial charge >= 0.3 is 0 Å². The van der Waals surface area contributed by atoms with Gasteiger partial charge in [-0.25, -0.2) is 9.97 Å². The van der Waals surface area contributed by atoms with Gasteiger partial charge in [-0.15, -0.1) is 0 Å². The average Bonchev–Trinajstić information content (AvgIpc) is 3.64. The minimum Gasteiger partial charge on any atom is -0.355 e. The van der Waals surface area contributed by atoms with Crippen molar-refractivity contribution in [3.63, 3.8) is 0 Å². The highest BCUT2D eigenvalue weighted by Gasteiger charge is 2.01. The van der Waals surface area contributed by atoms with Crippen LogP contribution in [0.25, 0.3) is 46.4 Å². The molecule has 4 N–H and O–H groups in total. The number of rotatable bonds is 0. The SMILES string of the molecule is C1=Cc2cc3ccc(cc4nc(cc5ccc(cc1n2)[nH]5)C=C4)[nH]3.C1CCCNCC1.C1CCCNCC1. The van der Waals surface area contributed by atoms with Crippen molar-refractivity contribution in [1.82, 2.24) is 30.6 Å². The Morgan fingerprint density at radius 3 is 0.974 bits per heavy atom. The van der Waals surface area contributed by atoms with Crippen LogP contribution < -0.4 is 10.6 Å². The largest absolute Gasteiger partial charge is 0.355 e. The van der Waals surface area contributed by atoms with Crippen molar-refractivity contribution in [1.29, 1.82) is 0 Å². The molecule has 0 unspecified atom stereocenters. The molecule has 38 heavy (non-hydrogen) atoms. The second kappa shape index (κ2) is 13.9. The minimum absolute atomic E-state index is 0.939. The third kappa shape index (κ3) is 8.27. The van der Waals surface area contributed by atoms with Crippen LogP contribution >= 0.6 is 0 Å². The zero-order chi connectivity index (χ0) is 25.8. The molecule has 0 aromatic carbocycles. The van der Waals surface area contributed by atoms with Gasteiger partial charge in [0, 0.05) is 22.1 Å². The molecule has 8 bridgehead atoms. The Bertz CT molecular complexity index is 1170. The zero-order valence-electron chi connectivity index (χ0n) is 22.3. The van der Waals surface area contributed by atoms with E-state index in [0.717, 1.165) is 44.8 Å². The predicted octanol–water partition coefficient (Wildman–Crippen LogP) is 6.96. The summed E-state index contributed by atoms with van der Waals surface area (Å²) in [6.45, 7) is 5.00. The van der Waals surface area contributed by atoms with Gasteiger partial charge in [0.2, 0.25) is 0 Å². The fourth-order valence-corrected chi connectivity index (χ4v) is 4.90. The molecule has 7 heterocycles. The first-order valence-electron chi connectivity index (χ1n) is 14.3. The molecular weight excluding hydrogens is 468 g/mol. The van der Waals surface area contributed by atoms with Gasteiger partial charge in [0.15, 0.2) is 0 Å². The van der Waals surface area contributed by atoms with Gasteiger partial charge in [0.25, 0.3) is 0 Å². The first kappa shape index (κ1) is 26.1. The van der Waals surface area contributed by atoms with E-state index < -0.39 is 0 Å². The van der Waals surface area contributed by atoms with Crippen molar-refractivity contribution >= 4 is 46.4 Å². The smallest absolute Gasteiger partial charge is 0.0658 e. The quantitative estimate of drug-likeness (QED) is 0.182. The van der Waals surface area contributed by atoms with Crippen molar-refractivity contribution in [2.24, 2.45) is 0 Å². The van der Waals surface area contributed by atoms with Crippen LogP contribution in [0.1, 0.15) is 74.1 Å². The van der Waals surface area contributed by atoms with Crippen LogP contribution in [-0.4, -0.2) is 46.1 Å². The van der Waals surface area contributed by atoms with Gasteiger partial charge in [0.1, 0.15) is 0 Å². The molecular formula is C32H40N6. The van der Waals surface area contributed by atoms with Crippen molar-refractivity contribution in [2.45, 2.75) is 51.4 Å². The summed E-state index contributed by atoms with van der Waals surface area (Å²) < 4.78 is 0. The van der Waals surface area contributed by atoms with Crippen LogP contribution in [0.3, 0.4) is 0 Å². The average molecular weight is 509 g/mol. The number of aromatic amines is 2. The van der Waals surface area contributed by atoms with Crippen LogP contribution in [0, 0.1) is 0 Å². The Kier molecular flexibility index (Phi) is 9.55. The van der Waals surface area contributed by atoms with Crippen LogP contribution in [0.4, 0.5) is 0 Å². The number of nitrogens with zero attached hydrogens (tertiary/aromatic N) is 2. The van der Waals surface area contributed by atoms with E-state index in [0.29, 0.717) is 0 Å². The van der Waals surface area contributed by atoms with E-state index in [1.807, 2.05) is 48.6 Å². The molecule has 3 aromatic rings. The van der Waals surface area contributed by atoms with Crippen molar-refractivity contribution in [2.75, 3.05) is 26.2 Å². The molecule has 7 rings (SSSR count). The van der Waals surface area contributed by atoms with Crippen LogP contribution in [0.15, 0.2) is 48.5 Å². The lowest BCUT2D eigenvalue weighted by atomic mass is 10.2. The second-order valence-corrected chi connectivity index (χ2v) is 10.2. The fraction of sp³-hybridized carbons (Fsp3) is 0.375. The molecule has 3 aromatic heterocycles. The topological polar surface area (TPSA) is 81.4 Å². The summed E-state index contributed by atoms with van der Waals surface area (Å²) in [4.78, 5) is 16.0. The molecule has 4 aliphatic heterocycles. The molecule has 0 amide bonds. The van der Waals surface area contributed by atoms with Gasteiger partial charge in [-0.1, -0.05) is 25.7 Å². The summed E-state index contributed by atoms with van der Waals surface area (Å²) in [5.41, 5.74) is 7.86. The lowest BCUT2D eigenvalue weighted by Crippen LogP contribution is -2.12. The Morgan fingerprint density at radius 2 is 0.684 bits per heavy atom. The molecule has 6 nitrogen and oxygen atoms in total. The number of nitrogens with one attached hydrogen (secondary N) is 4. The Labute approximate surface area is 225 Å². The number of hydrogen-bond donors (Lipinski definition) is 4. The summed E-state index contributed by atoms with van der Waals surface area (Å²) in [7, 11) is 0. The van der Waals surface area contributed by atoms with E-state index in [1.165, 1.54) is 77.5 Å². The Hall–Kier alpha value is -3.48. The van der Waals surface area contributed by atoms with E-state index in [-0.39, 0.29) is 0 Å². The van der Waals surface area contributed by atoms with Crippen molar-refractivity contribution < 1.29 is 0 Å². The molecule has 0 atom stereocenters. The second-order valence-electron chi connectivity index (χ2n) is 10.2. The van der Waals surface area contributed by atoms with Crippen LogP contribution in [-0.2, 0) is 0 Å². The summed E-state index contributed by atoms with van der Waals surface area (Å²) in [5, 5.41) is 6.69. The molecule has 6 heteroatoms. The molecule has 0 aliphatic carbocycles. The molecule has 0 saturated carbocycles. The molecule has 0 spiro atoms. The summed E-state index contributed by atoms with van der Waals surface area (Å²) >= 11 is 0. The zero-order valence-corrected chi connectivity index (χ0v) is 22.3. The summed E-state index contributed by atoms with van der Waals surface area (Å²) in [6.07, 6.45) is 19.4. The molecule has 2 fully saturated rings. The summed E-state index contributed by atoms with van der Waals surface area (Å²) in [5.74, 6) is 0. The highest BCUT2D eigenvalue weighted by molar-refractivity contribution is 5.77. The van der Waals surface area contributed by atoms with Gasteiger partial charge in [0.05, 0.1) is 22.8 Å². The van der Waals surface area contributed by atoms with Gasteiger partial charge in [-0.3, -0.25) is 0 Å². The Morgan fingerprint density at radius 1 is 0.395 bits per heavy atom. The fourth-order valence-electron chi connectivity index (χ4n) is 4.90. The lowest BCUT2D eigenvalue weighted by molar-refractivity contribution is 0.702. The normalized spacial score (nSPS) is 16.8. The number of fused-ring (bicyclic) bond motifs is 8. The molecule has 2 saturated heterocycles. The first-order chi connectivity index (χ1) is 18.8. The highest BCUT2D eigenvalue weighted by Crippen LogP contribution is 2.17. The van der Waals surface area contributed by atoms with E-state index in [4.69, 9.17) is 0 Å². The first-order valence-corrected chi connectivity index (χ1v) is 14.3. The molecule has 198 valence electrons. The summed E-state index contributed by atoms with van der Waals surface area (Å²) in [6, 6.07) is 16.4. The number of H-pyrrole nitrogens is 2. The van der Waals surface area contributed by atoms with Crippen LogP contribution in [0.2, 0.25) is 0 Å². The number of aromatic nitrogens is 4. The third-order valence-corrected chi connectivity index (χ3v) is 6.96. The monoisotopic (exact) mass is 508 g/mol. The van der Waals surface area contributed by atoms with Crippen molar-refractivity contribution in [3.05, 3.63) is 71.3 Å². The molecule has 4 aliphatic rings. The maximum Gasteiger partial charge on any atom is 0.0658 e. The van der Waals surface area contributed by atoms with Gasteiger partial charge < -0.3 is 20.6 Å². The maximum absolute atomic E-state index is 4.63. The highest BCUT2D eigenvalue weighted by atomic mass is 14.8. The third-order valence-electron chi connectivity index (χ3n) is 6.96. The number of hydrogen-bond acceptors (Lipinski definition) is 4. The van der Waals surface area contributed by atoms with Crippen LogP contribution in [0.5, 0.6) is 0 Å². The van der Waals surface area contributed by atoms with Gasteiger partial charge in [-0.2, -0.15) is 0 Å². The van der Waals surface area contributed by atoms with E-state index in [1.54, 1.807) is 0 Å². The Balaban J connectivity index is 0.000000172. The predicted molar refractivity (Wildman–Crippen MR) is 162 cm³/mol.